The molecule has 0 aromatic carbocycles. The quantitative estimate of drug-likeness (QED) is 0.801. The third-order valence-corrected chi connectivity index (χ3v) is 3.15. The van der Waals surface area contributed by atoms with Crippen LogP contribution in [-0.4, -0.2) is 40.4 Å². The van der Waals surface area contributed by atoms with Gasteiger partial charge in [-0.2, -0.15) is 0 Å². The molecule has 2 rings (SSSR count). The Morgan fingerprint density at radius 2 is 2.18 bits per heavy atom. The molecule has 0 bridgehead atoms. The van der Waals surface area contributed by atoms with Crippen molar-refractivity contribution in [2.45, 2.75) is 25.3 Å². The predicted octanol–water partition coefficient (Wildman–Crippen LogP) is 1.39. The first-order valence-corrected chi connectivity index (χ1v) is 5.99. The third kappa shape index (κ3) is 3.06. The van der Waals surface area contributed by atoms with Crippen molar-refractivity contribution in [1.82, 2.24) is 9.97 Å². The lowest BCUT2D eigenvalue weighted by atomic mass is 9.91. The number of anilines is 1. The standard InChI is InChI=1S/C11H16ClN3O2/c1-8-13-9(12)6-10(14-8)15-11(7-16)2-4-17-5-3-11/h6,16H,2-5,7H2,1H3,(H,13,14,15). The van der Waals surface area contributed by atoms with E-state index in [1.807, 2.05) is 0 Å². The molecule has 0 radical (unpaired) electrons. The van der Waals surface area contributed by atoms with Crippen molar-refractivity contribution in [1.29, 1.82) is 0 Å². The van der Waals surface area contributed by atoms with Crippen LogP contribution in [0.15, 0.2) is 6.07 Å². The molecule has 0 aliphatic carbocycles. The van der Waals surface area contributed by atoms with Gasteiger partial charge in [-0.25, -0.2) is 9.97 Å². The van der Waals surface area contributed by atoms with Gasteiger partial charge in [-0.05, 0) is 19.8 Å². The molecule has 1 aliphatic heterocycles. The van der Waals surface area contributed by atoms with E-state index < -0.39 is 0 Å². The van der Waals surface area contributed by atoms with Crippen LogP contribution in [0.2, 0.25) is 5.15 Å². The summed E-state index contributed by atoms with van der Waals surface area (Å²) in [6, 6.07) is 1.67. The van der Waals surface area contributed by atoms with Gasteiger partial charge in [0.05, 0.1) is 12.1 Å². The fraction of sp³-hybridized carbons (Fsp3) is 0.636. The second-order valence-electron chi connectivity index (χ2n) is 4.30. The van der Waals surface area contributed by atoms with Crippen molar-refractivity contribution < 1.29 is 9.84 Å². The Morgan fingerprint density at radius 3 is 2.76 bits per heavy atom. The zero-order chi connectivity index (χ0) is 12.3. The van der Waals surface area contributed by atoms with E-state index in [0.717, 1.165) is 12.8 Å². The maximum Gasteiger partial charge on any atom is 0.134 e. The van der Waals surface area contributed by atoms with E-state index >= 15 is 0 Å². The fourth-order valence-corrected chi connectivity index (χ4v) is 2.18. The van der Waals surface area contributed by atoms with Crippen LogP contribution >= 0.6 is 11.6 Å². The van der Waals surface area contributed by atoms with Crippen molar-refractivity contribution in [2.24, 2.45) is 0 Å². The van der Waals surface area contributed by atoms with E-state index in [9.17, 15) is 5.11 Å². The van der Waals surface area contributed by atoms with Crippen molar-refractivity contribution >= 4 is 17.4 Å². The molecule has 1 aliphatic rings. The minimum absolute atomic E-state index is 0.0526. The van der Waals surface area contributed by atoms with Gasteiger partial charge in [-0.3, -0.25) is 0 Å². The van der Waals surface area contributed by atoms with Crippen molar-refractivity contribution in [2.75, 3.05) is 25.1 Å². The number of nitrogens with zero attached hydrogens (tertiary/aromatic N) is 2. The second kappa shape index (κ2) is 5.16. The van der Waals surface area contributed by atoms with E-state index in [-0.39, 0.29) is 12.1 Å². The highest BCUT2D eigenvalue weighted by atomic mass is 35.5. The smallest absolute Gasteiger partial charge is 0.134 e. The Morgan fingerprint density at radius 1 is 1.47 bits per heavy atom. The minimum atomic E-state index is -0.359. The number of hydrogen-bond acceptors (Lipinski definition) is 5. The molecule has 1 fully saturated rings. The van der Waals surface area contributed by atoms with Crippen LogP contribution in [0.3, 0.4) is 0 Å². The number of nitrogens with one attached hydrogen (secondary N) is 1. The fourth-order valence-electron chi connectivity index (χ4n) is 1.95. The molecule has 0 atom stereocenters. The van der Waals surface area contributed by atoms with Gasteiger partial charge in [0.2, 0.25) is 0 Å². The SMILES string of the molecule is Cc1nc(Cl)cc(NC2(CO)CCOCC2)n1. The summed E-state index contributed by atoms with van der Waals surface area (Å²) >= 11 is 5.88. The monoisotopic (exact) mass is 257 g/mol. The van der Waals surface area contributed by atoms with Crippen LogP contribution < -0.4 is 5.32 Å². The van der Waals surface area contributed by atoms with Crippen molar-refractivity contribution in [3.05, 3.63) is 17.0 Å². The van der Waals surface area contributed by atoms with Crippen LogP contribution in [0.5, 0.6) is 0 Å². The molecule has 5 nitrogen and oxygen atoms in total. The number of halogens is 1. The molecule has 0 saturated carbocycles. The summed E-state index contributed by atoms with van der Waals surface area (Å²) in [5.41, 5.74) is -0.359. The highest BCUT2D eigenvalue weighted by Gasteiger charge is 2.32. The Labute approximate surface area is 105 Å². The first kappa shape index (κ1) is 12.5. The van der Waals surface area contributed by atoms with Crippen LogP contribution in [0, 0.1) is 6.92 Å². The number of aryl methyl sites for hydroxylation is 1. The van der Waals surface area contributed by atoms with Gasteiger partial charge in [0.25, 0.3) is 0 Å². The number of rotatable bonds is 3. The van der Waals surface area contributed by atoms with Crippen LogP contribution in [-0.2, 0) is 4.74 Å². The first-order chi connectivity index (χ1) is 8.13. The average Bonchev–Trinajstić information content (AvgIpc) is 2.29. The zero-order valence-corrected chi connectivity index (χ0v) is 10.5. The molecular formula is C11H16ClN3O2. The van der Waals surface area contributed by atoms with E-state index in [2.05, 4.69) is 15.3 Å². The summed E-state index contributed by atoms with van der Waals surface area (Å²) in [5.74, 6) is 1.26. The van der Waals surface area contributed by atoms with E-state index in [1.165, 1.54) is 0 Å². The lowest BCUT2D eigenvalue weighted by Crippen LogP contribution is -2.47. The highest BCUT2D eigenvalue weighted by molar-refractivity contribution is 6.29. The predicted molar refractivity (Wildman–Crippen MR) is 65.3 cm³/mol. The summed E-state index contributed by atoms with van der Waals surface area (Å²) in [6.07, 6.45) is 1.51. The molecule has 2 N–H and O–H groups in total. The highest BCUT2D eigenvalue weighted by Crippen LogP contribution is 2.25. The lowest BCUT2D eigenvalue weighted by molar-refractivity contribution is 0.0378. The third-order valence-electron chi connectivity index (χ3n) is 2.95. The summed E-state index contributed by atoms with van der Waals surface area (Å²) < 4.78 is 5.30. The Hall–Kier alpha value is -0.910. The van der Waals surface area contributed by atoms with E-state index in [4.69, 9.17) is 16.3 Å². The normalized spacial score (nSPS) is 19.0. The van der Waals surface area contributed by atoms with E-state index in [0.29, 0.717) is 30.0 Å². The Bertz CT molecular complexity index is 374. The van der Waals surface area contributed by atoms with Gasteiger partial charge in [0.15, 0.2) is 0 Å². The number of aliphatic hydroxyl groups excluding tert-OH is 1. The summed E-state index contributed by atoms with van der Waals surface area (Å²) in [5, 5.41) is 13.2. The Kier molecular flexibility index (Phi) is 3.81. The topological polar surface area (TPSA) is 67.3 Å². The molecular weight excluding hydrogens is 242 g/mol. The molecule has 94 valence electrons. The number of hydrogen-bond donors (Lipinski definition) is 2. The largest absolute Gasteiger partial charge is 0.394 e. The van der Waals surface area contributed by atoms with Gasteiger partial charge in [-0.1, -0.05) is 11.6 Å². The maximum atomic E-state index is 9.55. The van der Waals surface area contributed by atoms with Gasteiger partial charge in [0, 0.05) is 19.3 Å². The Balaban J connectivity index is 2.17. The second-order valence-corrected chi connectivity index (χ2v) is 4.69. The minimum Gasteiger partial charge on any atom is -0.394 e. The maximum absolute atomic E-state index is 9.55. The number of aliphatic hydroxyl groups is 1. The van der Waals surface area contributed by atoms with Crippen LogP contribution in [0.1, 0.15) is 18.7 Å². The molecule has 0 amide bonds. The van der Waals surface area contributed by atoms with Crippen molar-refractivity contribution in [3.8, 4) is 0 Å². The molecule has 6 heteroatoms. The first-order valence-electron chi connectivity index (χ1n) is 5.61. The molecule has 0 spiro atoms. The zero-order valence-electron chi connectivity index (χ0n) is 9.74. The molecule has 1 aromatic rings. The van der Waals surface area contributed by atoms with E-state index in [1.54, 1.807) is 13.0 Å². The average molecular weight is 258 g/mol. The molecule has 2 heterocycles. The summed E-state index contributed by atoms with van der Waals surface area (Å²) in [4.78, 5) is 8.27. The van der Waals surface area contributed by atoms with Gasteiger partial charge in [-0.15, -0.1) is 0 Å². The molecule has 1 saturated heterocycles. The summed E-state index contributed by atoms with van der Waals surface area (Å²) in [7, 11) is 0. The number of ether oxygens (including phenoxy) is 1. The molecule has 0 unspecified atom stereocenters. The molecule has 17 heavy (non-hydrogen) atoms. The molecule has 1 aromatic heterocycles. The van der Waals surface area contributed by atoms with Crippen LogP contribution in [0.4, 0.5) is 5.82 Å². The van der Waals surface area contributed by atoms with Gasteiger partial charge in [0.1, 0.15) is 16.8 Å². The summed E-state index contributed by atoms with van der Waals surface area (Å²) in [6.45, 7) is 3.13. The van der Waals surface area contributed by atoms with Crippen LogP contribution in [0.25, 0.3) is 0 Å². The van der Waals surface area contributed by atoms with Crippen molar-refractivity contribution in [3.63, 3.8) is 0 Å². The number of aromatic nitrogens is 2. The lowest BCUT2D eigenvalue weighted by Gasteiger charge is -2.36. The van der Waals surface area contributed by atoms with Gasteiger partial charge >= 0.3 is 0 Å². The van der Waals surface area contributed by atoms with Gasteiger partial charge < -0.3 is 15.2 Å².